The summed E-state index contributed by atoms with van der Waals surface area (Å²) in [4.78, 5) is 13.9. The van der Waals surface area contributed by atoms with Crippen LogP contribution in [0.5, 0.6) is 0 Å². The number of likely N-dealkylation sites (tertiary alicyclic amines) is 1. The molecule has 128 valence electrons. The van der Waals surface area contributed by atoms with Crippen molar-refractivity contribution in [3.05, 3.63) is 0 Å². The van der Waals surface area contributed by atoms with Gasteiger partial charge in [0.25, 0.3) is 0 Å². The summed E-state index contributed by atoms with van der Waals surface area (Å²) in [7, 11) is 0. The molecule has 2 aliphatic rings. The maximum Gasteiger partial charge on any atom is 0.410 e. The van der Waals surface area contributed by atoms with Crippen LogP contribution in [0.4, 0.5) is 4.79 Å². The van der Waals surface area contributed by atoms with Crippen LogP contribution in [0.15, 0.2) is 0 Å². The number of carbonyl (C=O) groups is 1. The van der Waals surface area contributed by atoms with Crippen LogP contribution in [0.3, 0.4) is 0 Å². The topological polar surface area (TPSA) is 75.8 Å². The molecule has 5 heteroatoms. The lowest BCUT2D eigenvalue weighted by Gasteiger charge is -2.49. The average molecular weight is 312 g/mol. The van der Waals surface area contributed by atoms with E-state index >= 15 is 0 Å². The van der Waals surface area contributed by atoms with Gasteiger partial charge >= 0.3 is 6.09 Å². The number of carbonyl (C=O) groups excluding carboxylic acids is 1. The molecule has 3 N–H and O–H groups in total. The molecule has 0 aromatic rings. The van der Waals surface area contributed by atoms with Gasteiger partial charge in [-0.3, -0.25) is 0 Å². The minimum Gasteiger partial charge on any atom is -0.444 e. The van der Waals surface area contributed by atoms with Gasteiger partial charge in [-0.25, -0.2) is 4.79 Å². The first-order chi connectivity index (χ1) is 10.2. The van der Waals surface area contributed by atoms with Crippen molar-refractivity contribution < 1.29 is 14.6 Å². The molecule has 5 nitrogen and oxygen atoms in total. The van der Waals surface area contributed by atoms with Gasteiger partial charge in [0.05, 0.1) is 6.54 Å². The number of hydrogen-bond acceptors (Lipinski definition) is 4. The van der Waals surface area contributed by atoms with Crippen molar-refractivity contribution in [3.63, 3.8) is 0 Å². The highest BCUT2D eigenvalue weighted by Gasteiger charge is 2.50. The van der Waals surface area contributed by atoms with Crippen molar-refractivity contribution in [2.45, 2.75) is 88.9 Å². The van der Waals surface area contributed by atoms with Gasteiger partial charge in [-0.1, -0.05) is 25.7 Å². The third-order valence-corrected chi connectivity index (χ3v) is 5.05. The number of nitrogens with zero attached hydrogens (tertiary/aromatic N) is 1. The second-order valence-electron chi connectivity index (χ2n) is 8.11. The summed E-state index contributed by atoms with van der Waals surface area (Å²) >= 11 is 0. The smallest absolute Gasteiger partial charge is 0.410 e. The Labute approximate surface area is 134 Å². The first-order valence-electron chi connectivity index (χ1n) is 8.64. The van der Waals surface area contributed by atoms with Crippen molar-refractivity contribution in [2.75, 3.05) is 13.1 Å². The second kappa shape index (κ2) is 6.36. The van der Waals surface area contributed by atoms with Crippen molar-refractivity contribution in [1.29, 1.82) is 0 Å². The molecule has 1 unspecified atom stereocenters. The van der Waals surface area contributed by atoms with Crippen molar-refractivity contribution in [1.82, 2.24) is 4.90 Å². The van der Waals surface area contributed by atoms with Gasteiger partial charge in [0.1, 0.15) is 11.2 Å². The van der Waals surface area contributed by atoms with E-state index in [1.54, 1.807) is 4.90 Å². The molecule has 1 amide bonds. The quantitative estimate of drug-likeness (QED) is 0.730. The number of aliphatic hydroxyl groups is 1. The number of hydrogen-bond donors (Lipinski definition) is 2. The molecule has 1 aliphatic heterocycles. The normalized spacial score (nSPS) is 29.8. The fraction of sp³-hybridized carbons (Fsp3) is 0.941. The third-order valence-electron chi connectivity index (χ3n) is 5.05. The molecule has 1 heterocycles. The van der Waals surface area contributed by atoms with E-state index in [9.17, 15) is 9.90 Å². The third kappa shape index (κ3) is 3.93. The van der Waals surface area contributed by atoms with E-state index in [0.717, 1.165) is 32.1 Å². The molecule has 1 aliphatic carbocycles. The van der Waals surface area contributed by atoms with Gasteiger partial charge in [-0.15, -0.1) is 0 Å². The summed E-state index contributed by atoms with van der Waals surface area (Å²) in [5.74, 6) is 0. The van der Waals surface area contributed by atoms with Gasteiger partial charge in [-0.05, 0) is 46.5 Å². The van der Waals surface area contributed by atoms with Gasteiger partial charge in [0.15, 0.2) is 0 Å². The van der Waals surface area contributed by atoms with E-state index in [0.29, 0.717) is 19.5 Å². The van der Waals surface area contributed by atoms with E-state index in [1.165, 1.54) is 12.8 Å². The lowest BCUT2D eigenvalue weighted by molar-refractivity contribution is -0.0932. The Hall–Kier alpha value is -0.810. The predicted octanol–water partition coefficient (Wildman–Crippen LogP) is 2.80. The lowest BCUT2D eigenvalue weighted by atomic mass is 9.71. The monoisotopic (exact) mass is 312 g/mol. The lowest BCUT2D eigenvalue weighted by Crippen LogP contribution is -2.67. The number of piperidine rings is 1. The zero-order valence-electron chi connectivity index (χ0n) is 14.4. The second-order valence-corrected chi connectivity index (χ2v) is 8.11. The fourth-order valence-electron chi connectivity index (χ4n) is 3.75. The summed E-state index contributed by atoms with van der Waals surface area (Å²) in [6, 6.07) is 0. The summed E-state index contributed by atoms with van der Waals surface area (Å²) in [5, 5.41) is 11.2. The molecule has 2 rings (SSSR count). The Morgan fingerprint density at radius 3 is 2.23 bits per heavy atom. The van der Waals surface area contributed by atoms with Crippen LogP contribution < -0.4 is 5.73 Å². The molecule has 2 fully saturated rings. The largest absolute Gasteiger partial charge is 0.444 e. The molecule has 0 aromatic carbocycles. The molecule has 22 heavy (non-hydrogen) atoms. The molecular formula is C17H32N2O3. The van der Waals surface area contributed by atoms with Crippen LogP contribution in [-0.2, 0) is 4.74 Å². The first kappa shape index (κ1) is 17.5. The summed E-state index contributed by atoms with van der Waals surface area (Å²) < 4.78 is 5.45. The SMILES string of the molecule is CC(C)(C)OC(=O)N1CCCC(O)(C2(N)CCCCCC2)C1. The fourth-order valence-corrected chi connectivity index (χ4v) is 3.75. The van der Waals surface area contributed by atoms with Crippen LogP contribution in [0.1, 0.15) is 72.1 Å². The summed E-state index contributed by atoms with van der Waals surface area (Å²) in [5.41, 5.74) is 4.54. The number of ether oxygens (including phenoxy) is 1. The molecular weight excluding hydrogens is 280 g/mol. The van der Waals surface area contributed by atoms with Gasteiger partial charge in [0.2, 0.25) is 0 Å². The van der Waals surface area contributed by atoms with Crippen LogP contribution in [0.2, 0.25) is 0 Å². The highest BCUT2D eigenvalue weighted by Crippen LogP contribution is 2.39. The van der Waals surface area contributed by atoms with Crippen molar-refractivity contribution in [2.24, 2.45) is 5.73 Å². The molecule has 1 saturated heterocycles. The average Bonchev–Trinajstić information content (AvgIpc) is 2.63. The zero-order chi connectivity index (χ0) is 16.4. The van der Waals surface area contributed by atoms with E-state index < -0.39 is 16.7 Å². The predicted molar refractivity (Wildman–Crippen MR) is 86.6 cm³/mol. The molecule has 1 atom stereocenters. The van der Waals surface area contributed by atoms with Gasteiger partial charge in [-0.2, -0.15) is 0 Å². The molecule has 0 bridgehead atoms. The van der Waals surface area contributed by atoms with Crippen LogP contribution >= 0.6 is 0 Å². The van der Waals surface area contributed by atoms with Crippen LogP contribution in [0.25, 0.3) is 0 Å². The molecule has 0 radical (unpaired) electrons. The maximum absolute atomic E-state index is 12.3. The highest BCUT2D eigenvalue weighted by atomic mass is 16.6. The zero-order valence-corrected chi connectivity index (χ0v) is 14.4. The maximum atomic E-state index is 12.3. The van der Waals surface area contributed by atoms with Crippen molar-refractivity contribution in [3.8, 4) is 0 Å². The number of amides is 1. The van der Waals surface area contributed by atoms with Gasteiger partial charge < -0.3 is 20.5 Å². The Kier molecular flexibility index (Phi) is 5.07. The molecule has 0 spiro atoms. The van der Waals surface area contributed by atoms with Crippen LogP contribution in [0, 0.1) is 0 Å². The molecule has 1 saturated carbocycles. The number of nitrogens with two attached hydrogens (primary N) is 1. The van der Waals surface area contributed by atoms with E-state index in [4.69, 9.17) is 10.5 Å². The van der Waals surface area contributed by atoms with Crippen molar-refractivity contribution >= 4 is 6.09 Å². The van der Waals surface area contributed by atoms with Crippen LogP contribution in [-0.4, -0.2) is 45.9 Å². The minimum atomic E-state index is -0.994. The molecule has 0 aromatic heterocycles. The Balaban J connectivity index is 2.09. The van der Waals surface area contributed by atoms with E-state index in [1.807, 2.05) is 20.8 Å². The Morgan fingerprint density at radius 2 is 1.68 bits per heavy atom. The Bertz CT molecular complexity index is 397. The minimum absolute atomic E-state index is 0.290. The van der Waals surface area contributed by atoms with E-state index in [2.05, 4.69) is 0 Å². The first-order valence-corrected chi connectivity index (χ1v) is 8.64. The highest BCUT2D eigenvalue weighted by molar-refractivity contribution is 5.68. The summed E-state index contributed by atoms with van der Waals surface area (Å²) in [6.07, 6.45) is 7.27. The van der Waals surface area contributed by atoms with E-state index in [-0.39, 0.29) is 6.09 Å². The number of rotatable bonds is 1. The standard InChI is InChI=1S/C17H32N2O3/c1-15(2,3)22-14(20)19-12-8-11-17(21,13-19)16(18)9-6-4-5-7-10-16/h21H,4-13,18H2,1-3H3. The van der Waals surface area contributed by atoms with Gasteiger partial charge in [0, 0.05) is 12.1 Å². The summed E-state index contributed by atoms with van der Waals surface area (Å²) in [6.45, 7) is 6.50. The Morgan fingerprint density at radius 1 is 1.09 bits per heavy atom. The number of β-amino-alcohol motifs (C(OH)–C–C–N with tert-alkyl or cyclic N) is 1.